The van der Waals surface area contributed by atoms with Gasteiger partial charge in [-0.2, -0.15) is 0 Å². The molecular formula is C25H27ClFN5. The fourth-order valence-electron chi connectivity index (χ4n) is 3.02. The van der Waals surface area contributed by atoms with Crippen molar-refractivity contribution in [3.63, 3.8) is 0 Å². The lowest BCUT2D eigenvalue weighted by Crippen LogP contribution is -2.06. The summed E-state index contributed by atoms with van der Waals surface area (Å²) >= 11 is 5.24. The molecule has 0 bridgehead atoms. The first kappa shape index (κ1) is 23.3. The van der Waals surface area contributed by atoms with E-state index < -0.39 is 0 Å². The van der Waals surface area contributed by atoms with Gasteiger partial charge in [-0.15, -0.1) is 11.6 Å². The Labute approximate surface area is 192 Å². The standard InChI is InChI=1S/C21H20FN5.C4H7Cl/c1-14(2)27-13-17(11-20-25-18-5-3-4-6-19(18)26-20)24-21(27)12-23-16-9-7-15(22)8-10-16;1-4(2)3-5/h3-10,13,23H,1,11-12H2,2H3,(H,25,26);1,3H2,2H3. The number of nitrogens with zero attached hydrogens (tertiary/aromatic N) is 3. The molecule has 0 saturated heterocycles. The molecule has 7 heteroatoms. The average molecular weight is 452 g/mol. The molecule has 0 aliphatic carbocycles. The Kier molecular flexibility index (Phi) is 7.84. The quantitative estimate of drug-likeness (QED) is 0.252. The van der Waals surface area contributed by atoms with E-state index in [0.29, 0.717) is 18.8 Å². The first-order chi connectivity index (χ1) is 15.4. The molecule has 0 atom stereocenters. The smallest absolute Gasteiger partial charge is 0.132 e. The minimum Gasteiger partial charge on any atom is -0.378 e. The number of fused-ring (bicyclic) bond motifs is 1. The van der Waals surface area contributed by atoms with Gasteiger partial charge in [-0.3, -0.25) is 0 Å². The molecule has 0 unspecified atom stereocenters. The minimum atomic E-state index is -0.253. The van der Waals surface area contributed by atoms with Gasteiger partial charge in [0.2, 0.25) is 0 Å². The van der Waals surface area contributed by atoms with E-state index in [1.54, 1.807) is 12.1 Å². The van der Waals surface area contributed by atoms with Crippen molar-refractivity contribution in [1.29, 1.82) is 0 Å². The molecule has 0 aliphatic rings. The predicted octanol–water partition coefficient (Wildman–Crippen LogP) is 6.39. The van der Waals surface area contributed by atoms with Crippen LogP contribution in [0, 0.1) is 5.82 Å². The van der Waals surface area contributed by atoms with Gasteiger partial charge in [0.05, 0.1) is 23.3 Å². The highest BCUT2D eigenvalue weighted by Crippen LogP contribution is 2.17. The molecule has 2 N–H and O–H groups in total. The normalized spacial score (nSPS) is 10.5. The summed E-state index contributed by atoms with van der Waals surface area (Å²) in [6, 6.07) is 14.2. The maximum Gasteiger partial charge on any atom is 0.132 e. The molecule has 4 rings (SSSR count). The zero-order chi connectivity index (χ0) is 23.1. The Morgan fingerprint density at radius 3 is 2.41 bits per heavy atom. The predicted molar refractivity (Wildman–Crippen MR) is 131 cm³/mol. The van der Waals surface area contributed by atoms with Crippen molar-refractivity contribution in [2.75, 3.05) is 11.2 Å². The van der Waals surface area contributed by atoms with Crippen molar-refractivity contribution < 1.29 is 4.39 Å². The summed E-state index contributed by atoms with van der Waals surface area (Å²) in [6.07, 6.45) is 2.59. The molecule has 0 saturated carbocycles. The molecule has 4 aromatic rings. The van der Waals surface area contributed by atoms with Gasteiger partial charge in [-0.25, -0.2) is 14.4 Å². The molecule has 2 aromatic carbocycles. The number of nitrogens with one attached hydrogen (secondary N) is 2. The van der Waals surface area contributed by atoms with E-state index in [9.17, 15) is 4.39 Å². The molecule has 0 spiro atoms. The third kappa shape index (κ3) is 6.31. The second kappa shape index (κ2) is 10.8. The third-order valence-corrected chi connectivity index (χ3v) is 5.01. The van der Waals surface area contributed by atoms with E-state index >= 15 is 0 Å². The number of aromatic nitrogens is 4. The number of anilines is 1. The number of rotatable bonds is 7. The van der Waals surface area contributed by atoms with Crippen LogP contribution in [0.4, 0.5) is 10.1 Å². The van der Waals surface area contributed by atoms with E-state index in [0.717, 1.165) is 45.3 Å². The van der Waals surface area contributed by atoms with Gasteiger partial charge < -0.3 is 14.9 Å². The zero-order valence-corrected chi connectivity index (χ0v) is 19.1. The van der Waals surface area contributed by atoms with Crippen LogP contribution in [0.3, 0.4) is 0 Å². The Hall–Kier alpha value is -3.38. The van der Waals surface area contributed by atoms with Crippen LogP contribution >= 0.6 is 11.6 Å². The number of para-hydroxylation sites is 2. The largest absolute Gasteiger partial charge is 0.378 e. The third-order valence-electron chi connectivity index (χ3n) is 4.55. The molecule has 5 nitrogen and oxygen atoms in total. The van der Waals surface area contributed by atoms with Crippen molar-refractivity contribution in [2.24, 2.45) is 0 Å². The maximum absolute atomic E-state index is 13.0. The Morgan fingerprint density at radius 1 is 1.09 bits per heavy atom. The molecule has 2 heterocycles. The summed E-state index contributed by atoms with van der Waals surface area (Å²) in [5.74, 6) is 2.05. The van der Waals surface area contributed by atoms with E-state index in [1.807, 2.05) is 48.9 Å². The minimum absolute atomic E-state index is 0.253. The van der Waals surface area contributed by atoms with Crippen molar-refractivity contribution in [1.82, 2.24) is 19.5 Å². The van der Waals surface area contributed by atoms with Crippen LogP contribution in [-0.2, 0) is 13.0 Å². The number of halogens is 2. The number of imidazole rings is 2. The van der Waals surface area contributed by atoms with Gasteiger partial charge in [0.25, 0.3) is 0 Å². The number of alkyl halides is 1. The Balaban J connectivity index is 0.000000523. The molecule has 0 radical (unpaired) electrons. The van der Waals surface area contributed by atoms with Gasteiger partial charge in [-0.1, -0.05) is 30.9 Å². The van der Waals surface area contributed by atoms with Crippen molar-refractivity contribution >= 4 is 34.0 Å². The van der Waals surface area contributed by atoms with Crippen molar-refractivity contribution in [2.45, 2.75) is 26.8 Å². The average Bonchev–Trinajstić information content (AvgIpc) is 3.37. The van der Waals surface area contributed by atoms with Gasteiger partial charge in [0.1, 0.15) is 17.5 Å². The molecule has 2 aromatic heterocycles. The van der Waals surface area contributed by atoms with E-state index in [1.165, 1.54) is 12.1 Å². The zero-order valence-electron chi connectivity index (χ0n) is 18.3. The highest BCUT2D eigenvalue weighted by Gasteiger charge is 2.11. The van der Waals surface area contributed by atoms with Gasteiger partial charge in [-0.05, 0) is 50.2 Å². The van der Waals surface area contributed by atoms with Crippen molar-refractivity contribution in [3.05, 3.63) is 96.6 Å². The number of H-pyrrole nitrogens is 1. The molecule has 0 aliphatic heterocycles. The van der Waals surface area contributed by atoms with Crippen LogP contribution in [0.2, 0.25) is 0 Å². The highest BCUT2D eigenvalue weighted by molar-refractivity contribution is 6.19. The lowest BCUT2D eigenvalue weighted by atomic mass is 10.3. The first-order valence-electron chi connectivity index (χ1n) is 10.2. The Morgan fingerprint density at radius 2 is 1.78 bits per heavy atom. The lowest BCUT2D eigenvalue weighted by Gasteiger charge is -2.08. The van der Waals surface area contributed by atoms with Crippen LogP contribution in [0.1, 0.15) is 31.2 Å². The molecular weight excluding hydrogens is 425 g/mol. The fraction of sp³-hybridized carbons (Fsp3) is 0.200. The summed E-state index contributed by atoms with van der Waals surface area (Å²) in [5.41, 5.74) is 5.62. The summed E-state index contributed by atoms with van der Waals surface area (Å²) in [5, 5.41) is 3.27. The molecule has 32 heavy (non-hydrogen) atoms. The fourth-order valence-corrected chi connectivity index (χ4v) is 3.02. The topological polar surface area (TPSA) is 58.5 Å². The van der Waals surface area contributed by atoms with Gasteiger partial charge in [0, 0.05) is 29.9 Å². The number of aromatic amines is 1. The summed E-state index contributed by atoms with van der Waals surface area (Å²) in [4.78, 5) is 12.7. The van der Waals surface area contributed by atoms with Crippen LogP contribution < -0.4 is 5.32 Å². The summed E-state index contributed by atoms with van der Waals surface area (Å²) in [6.45, 7) is 11.9. The molecule has 166 valence electrons. The SMILES string of the molecule is C=C(C)CCl.C=C(C)n1cc(Cc2nc3ccccc3[nH]2)nc1CNc1ccc(F)cc1. The van der Waals surface area contributed by atoms with Crippen molar-refractivity contribution in [3.8, 4) is 0 Å². The van der Waals surface area contributed by atoms with Gasteiger partial charge >= 0.3 is 0 Å². The second-order valence-corrected chi connectivity index (χ2v) is 7.85. The highest BCUT2D eigenvalue weighted by atomic mass is 35.5. The molecule has 0 amide bonds. The number of benzene rings is 2. The maximum atomic E-state index is 13.0. The van der Waals surface area contributed by atoms with E-state index in [-0.39, 0.29) is 5.82 Å². The van der Waals surface area contributed by atoms with E-state index in [2.05, 4.69) is 28.4 Å². The Bertz CT molecular complexity index is 1170. The molecule has 0 fully saturated rings. The van der Waals surface area contributed by atoms with Crippen LogP contribution in [-0.4, -0.2) is 25.4 Å². The summed E-state index contributed by atoms with van der Waals surface area (Å²) < 4.78 is 15.0. The van der Waals surface area contributed by atoms with Crippen LogP contribution in [0.5, 0.6) is 0 Å². The summed E-state index contributed by atoms with van der Waals surface area (Å²) in [7, 11) is 0. The lowest BCUT2D eigenvalue weighted by molar-refractivity contribution is 0.628. The monoisotopic (exact) mass is 451 g/mol. The number of allylic oxidation sites excluding steroid dienone is 2. The number of hydrogen-bond donors (Lipinski definition) is 2. The number of hydrogen-bond acceptors (Lipinski definition) is 3. The van der Waals surface area contributed by atoms with E-state index in [4.69, 9.17) is 16.6 Å². The van der Waals surface area contributed by atoms with Crippen LogP contribution in [0.25, 0.3) is 16.7 Å². The second-order valence-electron chi connectivity index (χ2n) is 7.58. The van der Waals surface area contributed by atoms with Gasteiger partial charge in [0.15, 0.2) is 0 Å². The first-order valence-corrected chi connectivity index (χ1v) is 10.8. The van der Waals surface area contributed by atoms with Crippen LogP contribution in [0.15, 0.2) is 73.5 Å².